The third kappa shape index (κ3) is 4.10. The highest BCUT2D eigenvalue weighted by Gasteiger charge is 2.30. The molecule has 1 atom stereocenters. The zero-order chi connectivity index (χ0) is 17.1. The van der Waals surface area contributed by atoms with Gasteiger partial charge in [-0.2, -0.15) is 0 Å². The molecule has 1 aromatic carbocycles. The quantitative estimate of drug-likeness (QED) is 0.542. The molecule has 3 rings (SSSR count). The topological polar surface area (TPSA) is 85.8 Å². The Kier molecular flexibility index (Phi) is 5.45. The van der Waals surface area contributed by atoms with Gasteiger partial charge in [0.1, 0.15) is 0 Å². The third-order valence-electron chi connectivity index (χ3n) is 3.98. The summed E-state index contributed by atoms with van der Waals surface area (Å²) in [6.07, 6.45) is 3.06. The number of halogens is 1. The maximum Gasteiger partial charge on any atom is 0.230 e. The number of nitrogens with zero attached hydrogens (tertiary/aromatic N) is 3. The molecule has 128 valence electrons. The highest BCUT2D eigenvalue weighted by Crippen LogP contribution is 2.39. The van der Waals surface area contributed by atoms with Crippen LogP contribution in [0.4, 0.5) is 0 Å². The molecule has 1 fully saturated rings. The molecule has 0 radical (unpaired) electrons. The lowest BCUT2D eigenvalue weighted by Gasteiger charge is -2.17. The Bertz CT molecular complexity index is 714. The molecule has 0 aliphatic heterocycles. The van der Waals surface area contributed by atoms with E-state index in [1.54, 1.807) is 0 Å². The van der Waals surface area contributed by atoms with E-state index >= 15 is 0 Å². The van der Waals surface area contributed by atoms with Gasteiger partial charge in [0.25, 0.3) is 0 Å². The summed E-state index contributed by atoms with van der Waals surface area (Å²) >= 11 is 4.74. The number of nitrogens with two attached hydrogens (primary N) is 1. The number of thioether (sulfide) groups is 1. The minimum Gasteiger partial charge on any atom is -0.349 e. The number of nitrogen functional groups attached to an aromatic ring is 1. The van der Waals surface area contributed by atoms with Gasteiger partial charge in [-0.05, 0) is 37.0 Å². The fraction of sp³-hybridized carbons (Fsp3) is 0.438. The predicted octanol–water partition coefficient (Wildman–Crippen LogP) is 2.99. The fourth-order valence-electron chi connectivity index (χ4n) is 2.49. The average molecular weight is 410 g/mol. The van der Waals surface area contributed by atoms with Crippen molar-refractivity contribution in [3.63, 3.8) is 0 Å². The highest BCUT2D eigenvalue weighted by molar-refractivity contribution is 9.10. The van der Waals surface area contributed by atoms with Gasteiger partial charge in [-0.1, -0.05) is 46.7 Å². The fourth-order valence-corrected chi connectivity index (χ4v) is 3.43. The minimum atomic E-state index is -0.0364. The molecule has 1 aliphatic rings. The lowest BCUT2D eigenvalue weighted by Crippen LogP contribution is -2.29. The summed E-state index contributed by atoms with van der Waals surface area (Å²) in [7, 11) is 0. The van der Waals surface area contributed by atoms with Crippen LogP contribution in [0.1, 0.15) is 49.5 Å². The molecule has 1 heterocycles. The van der Waals surface area contributed by atoms with Crippen LogP contribution in [0.25, 0.3) is 0 Å². The second-order valence-electron chi connectivity index (χ2n) is 5.85. The molecule has 1 aromatic heterocycles. The molecule has 1 saturated carbocycles. The van der Waals surface area contributed by atoms with Crippen molar-refractivity contribution in [2.24, 2.45) is 0 Å². The zero-order valence-corrected chi connectivity index (χ0v) is 15.8. The van der Waals surface area contributed by atoms with Crippen molar-refractivity contribution in [2.75, 3.05) is 11.6 Å². The summed E-state index contributed by atoms with van der Waals surface area (Å²) in [5, 5.41) is 11.8. The number of benzene rings is 1. The van der Waals surface area contributed by atoms with E-state index in [0.717, 1.165) is 35.1 Å². The van der Waals surface area contributed by atoms with Gasteiger partial charge in [-0.3, -0.25) is 4.79 Å². The summed E-state index contributed by atoms with van der Waals surface area (Å²) in [5.41, 5.74) is 1.09. The van der Waals surface area contributed by atoms with Crippen LogP contribution in [0.2, 0.25) is 0 Å². The number of hydrogen-bond donors (Lipinski definition) is 2. The first-order chi connectivity index (χ1) is 11.6. The molecule has 0 bridgehead atoms. The Morgan fingerprint density at radius 3 is 2.75 bits per heavy atom. The standard InChI is InChI=1S/C16H20BrN5OS/c1-2-13(10-5-7-12(17)8-6-10)19-14(23)9-24-16-21-20-15(22(16)18)11-3-4-11/h5-8,11,13H,2-4,9,18H2,1H3,(H,19,23)/t13-/m0/s1. The van der Waals surface area contributed by atoms with Crippen molar-refractivity contribution in [3.05, 3.63) is 40.1 Å². The number of carbonyl (C=O) groups is 1. The molecule has 1 amide bonds. The summed E-state index contributed by atoms with van der Waals surface area (Å²) in [4.78, 5) is 12.3. The number of nitrogens with one attached hydrogen (secondary N) is 1. The Labute approximate surface area is 153 Å². The van der Waals surface area contributed by atoms with E-state index in [4.69, 9.17) is 5.84 Å². The molecule has 0 spiro atoms. The van der Waals surface area contributed by atoms with E-state index in [9.17, 15) is 4.79 Å². The van der Waals surface area contributed by atoms with Gasteiger partial charge in [0.05, 0.1) is 11.8 Å². The van der Waals surface area contributed by atoms with E-state index in [0.29, 0.717) is 11.1 Å². The van der Waals surface area contributed by atoms with E-state index in [-0.39, 0.29) is 17.7 Å². The molecule has 1 aliphatic carbocycles. The smallest absolute Gasteiger partial charge is 0.230 e. The van der Waals surface area contributed by atoms with Crippen LogP contribution >= 0.6 is 27.7 Å². The van der Waals surface area contributed by atoms with Gasteiger partial charge < -0.3 is 11.2 Å². The Morgan fingerprint density at radius 1 is 1.42 bits per heavy atom. The van der Waals surface area contributed by atoms with E-state index in [1.165, 1.54) is 16.4 Å². The first kappa shape index (κ1) is 17.3. The molecule has 0 unspecified atom stereocenters. The van der Waals surface area contributed by atoms with Crippen LogP contribution in [0.3, 0.4) is 0 Å². The van der Waals surface area contributed by atoms with Crippen LogP contribution in [0.5, 0.6) is 0 Å². The molecule has 2 aromatic rings. The van der Waals surface area contributed by atoms with Crippen LogP contribution in [0.15, 0.2) is 33.9 Å². The van der Waals surface area contributed by atoms with Crippen molar-refractivity contribution >= 4 is 33.6 Å². The lowest BCUT2D eigenvalue weighted by molar-refractivity contribution is -0.119. The summed E-state index contributed by atoms with van der Waals surface area (Å²) in [6.45, 7) is 2.05. The van der Waals surface area contributed by atoms with Crippen molar-refractivity contribution in [1.29, 1.82) is 0 Å². The monoisotopic (exact) mass is 409 g/mol. The van der Waals surface area contributed by atoms with Gasteiger partial charge in [0.15, 0.2) is 5.82 Å². The van der Waals surface area contributed by atoms with E-state index < -0.39 is 0 Å². The Morgan fingerprint density at radius 2 is 2.12 bits per heavy atom. The third-order valence-corrected chi connectivity index (χ3v) is 5.45. The highest BCUT2D eigenvalue weighted by atomic mass is 79.9. The molecule has 8 heteroatoms. The first-order valence-electron chi connectivity index (χ1n) is 7.96. The van der Waals surface area contributed by atoms with Gasteiger partial charge in [-0.15, -0.1) is 10.2 Å². The van der Waals surface area contributed by atoms with Crippen LogP contribution < -0.4 is 11.2 Å². The van der Waals surface area contributed by atoms with E-state index in [1.807, 2.05) is 24.3 Å². The molecule has 24 heavy (non-hydrogen) atoms. The maximum absolute atomic E-state index is 12.3. The van der Waals surface area contributed by atoms with Crippen molar-refractivity contribution in [1.82, 2.24) is 20.2 Å². The Hall–Kier alpha value is -1.54. The number of aromatic nitrogens is 3. The largest absolute Gasteiger partial charge is 0.349 e. The summed E-state index contributed by atoms with van der Waals surface area (Å²) in [5.74, 6) is 7.49. The van der Waals surface area contributed by atoms with Crippen LogP contribution in [0, 0.1) is 0 Å². The number of hydrogen-bond acceptors (Lipinski definition) is 5. The second kappa shape index (κ2) is 7.57. The SMILES string of the molecule is CC[C@H](NC(=O)CSc1nnc(C2CC2)n1N)c1ccc(Br)cc1. The lowest BCUT2D eigenvalue weighted by atomic mass is 10.0. The van der Waals surface area contributed by atoms with Crippen LogP contribution in [-0.4, -0.2) is 26.5 Å². The predicted molar refractivity (Wildman–Crippen MR) is 98.2 cm³/mol. The van der Waals surface area contributed by atoms with Crippen molar-refractivity contribution in [3.8, 4) is 0 Å². The molecular weight excluding hydrogens is 390 g/mol. The van der Waals surface area contributed by atoms with Gasteiger partial charge >= 0.3 is 0 Å². The number of carbonyl (C=O) groups excluding carboxylic acids is 1. The molecule has 6 nitrogen and oxygen atoms in total. The molecule has 3 N–H and O–H groups in total. The van der Waals surface area contributed by atoms with Gasteiger partial charge in [0.2, 0.25) is 11.1 Å². The minimum absolute atomic E-state index is 0.00368. The van der Waals surface area contributed by atoms with E-state index in [2.05, 4.69) is 38.4 Å². The second-order valence-corrected chi connectivity index (χ2v) is 7.71. The molecular formula is C16H20BrN5OS. The first-order valence-corrected chi connectivity index (χ1v) is 9.74. The summed E-state index contributed by atoms with van der Waals surface area (Å²) < 4.78 is 2.54. The maximum atomic E-state index is 12.3. The molecule has 0 saturated heterocycles. The Balaban J connectivity index is 1.55. The van der Waals surface area contributed by atoms with Gasteiger partial charge in [-0.25, -0.2) is 4.68 Å². The summed E-state index contributed by atoms with van der Waals surface area (Å²) in [6, 6.07) is 8.00. The van der Waals surface area contributed by atoms with Crippen molar-refractivity contribution in [2.45, 2.75) is 43.3 Å². The van der Waals surface area contributed by atoms with Gasteiger partial charge in [0, 0.05) is 10.4 Å². The number of rotatable bonds is 7. The number of amides is 1. The average Bonchev–Trinajstić information content (AvgIpc) is 3.35. The van der Waals surface area contributed by atoms with Crippen LogP contribution in [-0.2, 0) is 4.79 Å². The normalized spacial score (nSPS) is 15.2. The van der Waals surface area contributed by atoms with Crippen molar-refractivity contribution < 1.29 is 4.79 Å². The zero-order valence-electron chi connectivity index (χ0n) is 13.4.